The summed E-state index contributed by atoms with van der Waals surface area (Å²) in [4.78, 5) is 8.92. The Morgan fingerprint density at radius 1 is 1.18 bits per heavy atom. The summed E-state index contributed by atoms with van der Waals surface area (Å²) in [6.45, 7) is -0.594. The molecule has 1 unspecified atom stereocenters. The van der Waals surface area contributed by atoms with Crippen molar-refractivity contribution in [2.24, 2.45) is 0 Å². The smallest absolute Gasteiger partial charge is 0.387 e. The van der Waals surface area contributed by atoms with E-state index in [-0.39, 0.29) is 0 Å². The molecule has 5 N–H and O–H groups in total. The molecule has 1 heterocycles. The maximum absolute atomic E-state index is 11.0. The summed E-state index contributed by atoms with van der Waals surface area (Å²) in [5.41, 5.74) is 0. The van der Waals surface area contributed by atoms with E-state index in [9.17, 15) is 14.8 Å². The van der Waals surface area contributed by atoms with Crippen LogP contribution in [0.25, 0.3) is 0 Å². The summed E-state index contributed by atoms with van der Waals surface area (Å²) in [6, 6.07) is 0. The third-order valence-electron chi connectivity index (χ3n) is 2.32. The van der Waals surface area contributed by atoms with Crippen molar-refractivity contribution in [2.45, 2.75) is 30.7 Å². The fourth-order valence-corrected chi connectivity index (χ4v) is 1.73. The number of rotatable bonds is 4. The van der Waals surface area contributed by atoms with Crippen LogP contribution >= 0.6 is 7.82 Å². The molecule has 0 amide bonds. The molecule has 0 aromatic rings. The highest BCUT2D eigenvalue weighted by molar-refractivity contribution is 7.47. The lowest BCUT2D eigenvalue weighted by atomic mass is 10.00. The lowest BCUT2D eigenvalue weighted by Crippen LogP contribution is -2.58. The second-order valence-electron chi connectivity index (χ2n) is 3.48. The first-order valence-electron chi connectivity index (χ1n) is 4.69. The van der Waals surface area contributed by atoms with Crippen molar-refractivity contribution in [3.05, 3.63) is 0 Å². The van der Waals surface area contributed by atoms with E-state index in [0.717, 1.165) is 7.11 Å². The lowest BCUT2D eigenvalue weighted by molar-refractivity contribution is -0.285. The summed E-state index contributed by atoms with van der Waals surface area (Å²) in [6.07, 6.45) is -7.86. The molecule has 0 spiro atoms. The average Bonchev–Trinajstić information content (AvgIpc) is 2.29. The zero-order valence-electron chi connectivity index (χ0n) is 8.91. The molecule has 9 nitrogen and oxygen atoms in total. The number of hydrogen-bond acceptors (Lipinski definition) is 8. The van der Waals surface area contributed by atoms with Crippen LogP contribution in [0.4, 0.5) is 0 Å². The summed E-state index contributed by atoms with van der Waals surface area (Å²) in [5.74, 6) is 0. The van der Waals surface area contributed by atoms with Crippen molar-refractivity contribution < 1.29 is 43.7 Å². The number of phosphoric ester groups is 1. The molecule has 1 rings (SSSR count). The van der Waals surface area contributed by atoms with Crippen molar-refractivity contribution in [3.63, 3.8) is 0 Å². The van der Waals surface area contributed by atoms with Crippen LogP contribution in [-0.4, -0.2) is 69.7 Å². The number of aliphatic hydroxyl groups is 4. The highest BCUT2D eigenvalue weighted by atomic mass is 31.2. The Morgan fingerprint density at radius 2 is 1.76 bits per heavy atom. The Hall–Kier alpha value is -0.0900. The SMILES string of the molecule is COP(=O)(O)OC[C@H]1O[C@H](O)[C@H](O)[C@@H](O)[C@@H]1O. The maximum Gasteiger partial charge on any atom is 0.472 e. The van der Waals surface area contributed by atoms with Crippen molar-refractivity contribution >= 4 is 7.82 Å². The zero-order valence-corrected chi connectivity index (χ0v) is 9.80. The summed E-state index contributed by atoms with van der Waals surface area (Å²) in [5, 5.41) is 37.1. The lowest BCUT2D eigenvalue weighted by Gasteiger charge is -2.38. The molecule has 17 heavy (non-hydrogen) atoms. The fraction of sp³-hybridized carbons (Fsp3) is 1.00. The van der Waals surface area contributed by atoms with Crippen LogP contribution in [0, 0.1) is 0 Å². The van der Waals surface area contributed by atoms with E-state index in [1.807, 2.05) is 0 Å². The number of hydrogen-bond donors (Lipinski definition) is 5. The molecule has 1 aliphatic rings. The minimum Gasteiger partial charge on any atom is -0.387 e. The minimum atomic E-state index is -4.24. The van der Waals surface area contributed by atoms with Gasteiger partial charge >= 0.3 is 7.82 Å². The molecule has 0 aromatic carbocycles. The van der Waals surface area contributed by atoms with Crippen LogP contribution in [0.1, 0.15) is 0 Å². The molecule has 0 aromatic heterocycles. The predicted octanol–water partition coefficient (Wildman–Crippen LogP) is -2.45. The summed E-state index contributed by atoms with van der Waals surface area (Å²) >= 11 is 0. The maximum atomic E-state index is 11.0. The van der Waals surface area contributed by atoms with Crippen molar-refractivity contribution in [3.8, 4) is 0 Å². The van der Waals surface area contributed by atoms with Crippen molar-refractivity contribution in [2.75, 3.05) is 13.7 Å². The Labute approximate surface area is 96.8 Å². The Bertz CT molecular complexity index is 297. The number of ether oxygens (including phenoxy) is 1. The third-order valence-corrected chi connectivity index (χ3v) is 3.26. The van der Waals surface area contributed by atoms with Crippen LogP contribution in [0.5, 0.6) is 0 Å². The van der Waals surface area contributed by atoms with Crippen molar-refractivity contribution in [1.82, 2.24) is 0 Å². The van der Waals surface area contributed by atoms with Crippen LogP contribution < -0.4 is 0 Å². The second kappa shape index (κ2) is 5.70. The second-order valence-corrected chi connectivity index (χ2v) is 5.04. The predicted molar refractivity (Wildman–Crippen MR) is 51.7 cm³/mol. The average molecular weight is 274 g/mol. The molecule has 102 valence electrons. The quantitative estimate of drug-likeness (QED) is 0.352. The highest BCUT2D eigenvalue weighted by Crippen LogP contribution is 2.42. The molecule has 0 radical (unpaired) electrons. The molecular formula is C7H15O9P. The van der Waals surface area contributed by atoms with Gasteiger partial charge in [0.05, 0.1) is 6.61 Å². The molecule has 0 saturated carbocycles. The standard InChI is InChI=1S/C7H15O9P/c1-14-17(12,13)15-2-3-4(8)5(9)6(10)7(11)16-3/h3-11H,2H2,1H3,(H,12,13)/t3-,4-,5+,6-,7+/m1/s1. The van der Waals surface area contributed by atoms with Gasteiger partial charge in [0.1, 0.15) is 24.4 Å². The van der Waals surface area contributed by atoms with Crippen LogP contribution in [0.3, 0.4) is 0 Å². The van der Waals surface area contributed by atoms with Crippen LogP contribution in [-0.2, 0) is 18.3 Å². The van der Waals surface area contributed by atoms with E-state index >= 15 is 0 Å². The van der Waals surface area contributed by atoms with Crippen LogP contribution in [0.15, 0.2) is 0 Å². The van der Waals surface area contributed by atoms with Gasteiger partial charge in [-0.15, -0.1) is 0 Å². The first-order valence-corrected chi connectivity index (χ1v) is 6.19. The van der Waals surface area contributed by atoms with Gasteiger partial charge in [-0.05, 0) is 0 Å². The third kappa shape index (κ3) is 3.68. The Morgan fingerprint density at radius 3 is 2.29 bits per heavy atom. The molecule has 1 fully saturated rings. The van der Waals surface area contributed by atoms with E-state index < -0.39 is 45.1 Å². The monoisotopic (exact) mass is 274 g/mol. The first kappa shape index (κ1) is 15.0. The Balaban J connectivity index is 2.57. The van der Waals surface area contributed by atoms with Gasteiger partial charge in [-0.2, -0.15) is 0 Å². The molecule has 10 heteroatoms. The minimum absolute atomic E-state index is 0.594. The number of phosphoric acid groups is 1. The number of aliphatic hydroxyl groups excluding tert-OH is 4. The topological polar surface area (TPSA) is 146 Å². The highest BCUT2D eigenvalue weighted by Gasteiger charge is 2.43. The molecule has 1 saturated heterocycles. The van der Waals surface area contributed by atoms with Gasteiger partial charge in [0.15, 0.2) is 6.29 Å². The van der Waals surface area contributed by atoms with Gasteiger partial charge in [0.2, 0.25) is 0 Å². The summed E-state index contributed by atoms with van der Waals surface area (Å²) in [7, 11) is -3.29. The molecule has 0 bridgehead atoms. The summed E-state index contributed by atoms with van der Waals surface area (Å²) < 4.78 is 24.2. The van der Waals surface area contributed by atoms with Gasteiger partial charge in [0.25, 0.3) is 0 Å². The molecular weight excluding hydrogens is 259 g/mol. The Kier molecular flexibility index (Phi) is 5.02. The molecule has 1 aliphatic heterocycles. The van der Waals surface area contributed by atoms with E-state index in [4.69, 9.17) is 19.8 Å². The van der Waals surface area contributed by atoms with E-state index in [2.05, 4.69) is 9.05 Å². The molecule has 0 aliphatic carbocycles. The first-order chi connectivity index (χ1) is 7.78. The fourth-order valence-electron chi connectivity index (χ4n) is 1.29. The van der Waals surface area contributed by atoms with Crippen molar-refractivity contribution in [1.29, 1.82) is 0 Å². The van der Waals surface area contributed by atoms with Gasteiger partial charge < -0.3 is 30.1 Å². The van der Waals surface area contributed by atoms with E-state index in [1.165, 1.54) is 0 Å². The van der Waals surface area contributed by atoms with E-state index in [0.29, 0.717) is 0 Å². The van der Waals surface area contributed by atoms with Crippen LogP contribution in [0.2, 0.25) is 0 Å². The van der Waals surface area contributed by atoms with Gasteiger partial charge in [-0.25, -0.2) is 4.57 Å². The van der Waals surface area contributed by atoms with Gasteiger partial charge in [-0.1, -0.05) is 0 Å². The largest absolute Gasteiger partial charge is 0.472 e. The van der Waals surface area contributed by atoms with E-state index in [1.54, 1.807) is 0 Å². The normalized spacial score (nSPS) is 42.1. The molecule has 6 atom stereocenters. The zero-order chi connectivity index (χ0) is 13.2. The van der Waals surface area contributed by atoms with Gasteiger partial charge in [0, 0.05) is 7.11 Å². The van der Waals surface area contributed by atoms with Gasteiger partial charge in [-0.3, -0.25) is 9.05 Å².